The van der Waals surface area contributed by atoms with Crippen LogP contribution in [0, 0.1) is 16.0 Å². The highest BCUT2D eigenvalue weighted by Crippen LogP contribution is 2.51. The van der Waals surface area contributed by atoms with Crippen molar-refractivity contribution in [2.45, 2.75) is 38.0 Å². The molecule has 3 aliphatic rings. The van der Waals surface area contributed by atoms with Crippen molar-refractivity contribution in [3.8, 4) is 0 Å². The van der Waals surface area contributed by atoms with Crippen LogP contribution in [0.25, 0.3) is 0 Å². The Balaban J connectivity index is 1.50. The second kappa shape index (κ2) is 9.82. The molecule has 0 aromatic heterocycles. The number of ether oxygens (including phenoxy) is 1. The fourth-order valence-electron chi connectivity index (χ4n) is 4.81. The number of nitrogens with one attached hydrogen (secondary N) is 1. The van der Waals surface area contributed by atoms with Crippen LogP contribution in [0.1, 0.15) is 25.3 Å². The van der Waals surface area contributed by atoms with Crippen LogP contribution in [0.5, 0.6) is 0 Å². The van der Waals surface area contributed by atoms with Crippen molar-refractivity contribution in [2.24, 2.45) is 5.92 Å². The molecule has 0 spiro atoms. The average Bonchev–Trinajstić information content (AvgIpc) is 3.28. The number of benzene rings is 1. The molecule has 14 heteroatoms. The van der Waals surface area contributed by atoms with Crippen LogP contribution < -0.4 is 5.32 Å². The highest BCUT2D eigenvalue weighted by Gasteiger charge is 2.64. The second-order valence-electron chi connectivity index (χ2n) is 9.01. The fraction of sp³-hybridized carbons (Fsp3) is 0.500. The van der Waals surface area contributed by atoms with Crippen molar-refractivity contribution in [3.05, 3.63) is 50.5 Å². The van der Waals surface area contributed by atoms with E-state index in [1.165, 1.54) is 47.9 Å². The third-order valence-electron chi connectivity index (χ3n) is 6.48. The average molecular weight is 540 g/mol. The number of nitrogens with zero attached hydrogens (tertiary/aromatic N) is 2. The molecule has 2 saturated heterocycles. The number of esters is 1. The summed E-state index contributed by atoms with van der Waals surface area (Å²) in [5, 5.41) is 24.5. The molecular formula is C22H25N3O9S2. The zero-order valence-corrected chi connectivity index (χ0v) is 21.0. The number of aliphatic hydroxyl groups is 1. The molecule has 3 heterocycles. The first-order chi connectivity index (χ1) is 16.9. The summed E-state index contributed by atoms with van der Waals surface area (Å²) in [4.78, 5) is 49.4. The Morgan fingerprint density at radius 2 is 2.03 bits per heavy atom. The number of carbonyl (C=O) groups excluding carboxylic acids is 3. The van der Waals surface area contributed by atoms with Crippen LogP contribution in [0.4, 0.5) is 5.69 Å². The Morgan fingerprint density at radius 3 is 2.61 bits per heavy atom. The van der Waals surface area contributed by atoms with Crippen molar-refractivity contribution in [1.82, 2.24) is 10.2 Å². The molecule has 2 amide bonds. The van der Waals surface area contributed by atoms with Crippen LogP contribution in [0.15, 0.2) is 34.9 Å². The van der Waals surface area contributed by atoms with E-state index >= 15 is 0 Å². The van der Waals surface area contributed by atoms with Gasteiger partial charge in [0.05, 0.1) is 34.0 Å². The van der Waals surface area contributed by atoms with Gasteiger partial charge in [0.2, 0.25) is 11.8 Å². The minimum absolute atomic E-state index is 0.0407. The minimum atomic E-state index is -3.46. The summed E-state index contributed by atoms with van der Waals surface area (Å²) < 4.78 is 29.4. The largest absolute Gasteiger partial charge is 0.456 e. The number of nitro groups is 1. The molecule has 1 aromatic carbocycles. The molecular weight excluding hydrogens is 514 g/mol. The predicted octanol–water partition coefficient (Wildman–Crippen LogP) is 0.499. The minimum Gasteiger partial charge on any atom is -0.456 e. The van der Waals surface area contributed by atoms with E-state index in [4.69, 9.17) is 4.74 Å². The van der Waals surface area contributed by atoms with Crippen LogP contribution in [0.2, 0.25) is 0 Å². The summed E-state index contributed by atoms with van der Waals surface area (Å²) in [6, 6.07) is 4.93. The smallest absolute Gasteiger partial charge is 0.356 e. The van der Waals surface area contributed by atoms with Gasteiger partial charge in [-0.1, -0.05) is 0 Å². The number of carbonyl (C=O) groups is 3. The monoisotopic (exact) mass is 539 g/mol. The highest BCUT2D eigenvalue weighted by atomic mass is 32.2. The molecule has 2 fully saturated rings. The second-order valence-corrected chi connectivity index (χ2v) is 12.4. The van der Waals surface area contributed by atoms with Crippen LogP contribution in [-0.4, -0.2) is 76.6 Å². The molecule has 12 nitrogen and oxygen atoms in total. The van der Waals surface area contributed by atoms with E-state index in [-0.39, 0.29) is 42.5 Å². The molecule has 2 N–H and O–H groups in total. The Hall–Kier alpha value is -2.97. The van der Waals surface area contributed by atoms with E-state index in [2.05, 4.69) is 5.32 Å². The van der Waals surface area contributed by atoms with Crippen molar-refractivity contribution in [2.75, 3.05) is 23.8 Å². The third kappa shape index (κ3) is 5.11. The molecule has 3 aliphatic heterocycles. The normalized spacial score (nSPS) is 26.4. The Morgan fingerprint density at radius 1 is 1.33 bits per heavy atom. The molecule has 4 rings (SSSR count). The number of rotatable bonds is 9. The number of sulfone groups is 1. The molecule has 36 heavy (non-hydrogen) atoms. The maximum absolute atomic E-state index is 13.1. The van der Waals surface area contributed by atoms with E-state index in [0.717, 1.165) is 0 Å². The van der Waals surface area contributed by atoms with Gasteiger partial charge in [-0.3, -0.25) is 19.7 Å². The number of β-lactam (4-membered cyclic amide) rings is 1. The maximum atomic E-state index is 13.1. The SMILES string of the molecule is CC(=O)NCCSC1=C(C(=O)OCc2ccc([N+](=O)[O-])cc2)N2C(=O)[C@@H](C3(O)CCS(=O)(=O)C3)[C@H]2C1. The summed E-state index contributed by atoms with van der Waals surface area (Å²) in [6.07, 6.45) is 0.215. The molecule has 1 aromatic rings. The number of amides is 2. The lowest BCUT2D eigenvalue weighted by atomic mass is 9.74. The number of fused-ring (bicyclic) bond motifs is 1. The lowest BCUT2D eigenvalue weighted by Crippen LogP contribution is -2.67. The molecule has 0 radical (unpaired) electrons. The van der Waals surface area contributed by atoms with E-state index in [1.54, 1.807) is 0 Å². The Bertz CT molecular complexity index is 1250. The molecule has 1 unspecified atom stereocenters. The summed E-state index contributed by atoms with van der Waals surface area (Å²) in [6.45, 7) is 1.54. The summed E-state index contributed by atoms with van der Waals surface area (Å²) in [5.74, 6) is -2.72. The van der Waals surface area contributed by atoms with E-state index in [1.807, 2.05) is 0 Å². The lowest BCUT2D eigenvalue weighted by molar-refractivity contribution is -0.384. The van der Waals surface area contributed by atoms with Gasteiger partial charge in [-0.15, -0.1) is 11.8 Å². The summed E-state index contributed by atoms with van der Waals surface area (Å²) in [5.41, 5.74) is -1.22. The number of nitro benzene ring substituents is 1. The third-order valence-corrected chi connectivity index (χ3v) is 9.36. The van der Waals surface area contributed by atoms with E-state index in [9.17, 15) is 38.0 Å². The number of hydrogen-bond donors (Lipinski definition) is 2. The summed E-state index contributed by atoms with van der Waals surface area (Å²) >= 11 is 1.28. The predicted molar refractivity (Wildman–Crippen MR) is 128 cm³/mol. The van der Waals surface area contributed by atoms with Crippen LogP contribution >= 0.6 is 11.8 Å². The van der Waals surface area contributed by atoms with E-state index < -0.39 is 50.0 Å². The van der Waals surface area contributed by atoms with Crippen LogP contribution in [-0.2, 0) is 35.6 Å². The number of hydrogen-bond acceptors (Lipinski definition) is 10. The Labute approximate surface area is 211 Å². The molecule has 0 bridgehead atoms. The zero-order chi connectivity index (χ0) is 26.3. The highest BCUT2D eigenvalue weighted by molar-refractivity contribution is 8.03. The topological polar surface area (TPSA) is 173 Å². The molecule has 3 atom stereocenters. The molecule has 194 valence electrons. The van der Waals surface area contributed by atoms with E-state index in [0.29, 0.717) is 22.8 Å². The van der Waals surface area contributed by atoms with Gasteiger partial charge >= 0.3 is 5.97 Å². The van der Waals surface area contributed by atoms with Crippen molar-refractivity contribution in [3.63, 3.8) is 0 Å². The van der Waals surface area contributed by atoms with Gasteiger partial charge in [-0.05, 0) is 24.1 Å². The standard InChI is InChI=1S/C22H25N3O9S2/c1-13(26)23-7-8-35-17-10-16-18(22(29)6-9-36(32,33)12-22)20(27)24(16)19(17)21(28)34-11-14-2-4-15(5-3-14)25(30)31/h2-5,16,18,29H,6-12H2,1H3,(H,23,26)/t16-,18+,22?/m1/s1. The Kier molecular flexibility index (Phi) is 7.12. The number of non-ortho nitro benzene ring substituents is 1. The first kappa shape index (κ1) is 26.1. The zero-order valence-electron chi connectivity index (χ0n) is 19.3. The van der Waals surface area contributed by atoms with Gasteiger partial charge in [0.15, 0.2) is 9.84 Å². The first-order valence-corrected chi connectivity index (χ1v) is 14.0. The maximum Gasteiger partial charge on any atom is 0.356 e. The summed E-state index contributed by atoms with van der Waals surface area (Å²) in [7, 11) is -3.46. The fourth-order valence-corrected chi connectivity index (χ4v) is 7.77. The quantitative estimate of drug-likeness (QED) is 0.148. The molecule has 0 saturated carbocycles. The number of thioether (sulfide) groups is 1. The van der Waals surface area contributed by atoms with Crippen LogP contribution in [0.3, 0.4) is 0 Å². The van der Waals surface area contributed by atoms with Gasteiger partial charge in [-0.25, -0.2) is 13.2 Å². The van der Waals surface area contributed by atoms with Gasteiger partial charge < -0.3 is 20.1 Å². The van der Waals surface area contributed by atoms with Gasteiger partial charge in [0, 0.05) is 42.7 Å². The van der Waals surface area contributed by atoms with Crippen molar-refractivity contribution < 1.29 is 37.6 Å². The lowest BCUT2D eigenvalue weighted by Gasteiger charge is -2.49. The van der Waals surface area contributed by atoms with Gasteiger partial charge in [0.1, 0.15) is 12.3 Å². The first-order valence-electron chi connectivity index (χ1n) is 11.2. The van der Waals surface area contributed by atoms with Crippen molar-refractivity contribution in [1.29, 1.82) is 0 Å². The van der Waals surface area contributed by atoms with Gasteiger partial charge in [0.25, 0.3) is 5.69 Å². The molecule has 0 aliphatic carbocycles. The van der Waals surface area contributed by atoms with Crippen molar-refractivity contribution >= 4 is 45.1 Å². The van der Waals surface area contributed by atoms with Gasteiger partial charge in [-0.2, -0.15) is 0 Å².